The molecule has 1 aliphatic heterocycles. The number of nitrogens with two attached hydrogens (primary N) is 1. The third-order valence-corrected chi connectivity index (χ3v) is 8.98. The van der Waals surface area contributed by atoms with E-state index >= 15 is 0 Å². The first-order valence-corrected chi connectivity index (χ1v) is 12.2. The number of H-pyrrole nitrogens is 2. The second kappa shape index (κ2) is 6.16. The standard InChI is InChI=1S/C26H26N6O/c27-25-16-10-15(5-6-18(16)30-31-25)24-22-14-4-3-13(9-14)21(22)23-17-11-28-29-19(17)7-8-20(23)32(24)26(33)12-1-2-12/h5-8,10-14,21-22,24H,1-4,9H2,(H,28,29)(H3,27,30,31)/t13?,14?,21-,22+,24-/m0/s1. The van der Waals surface area contributed by atoms with E-state index in [1.807, 2.05) is 6.20 Å². The number of fused-ring (bicyclic) bond motifs is 10. The van der Waals surface area contributed by atoms with Gasteiger partial charge in [-0.15, -0.1) is 0 Å². The van der Waals surface area contributed by atoms with Crippen molar-refractivity contribution in [3.05, 3.63) is 47.7 Å². The van der Waals surface area contributed by atoms with Crippen LogP contribution in [0.4, 0.5) is 11.5 Å². The molecule has 7 heteroatoms. The largest absolute Gasteiger partial charge is 0.382 e. The second-order valence-electron chi connectivity index (χ2n) is 10.6. The predicted molar refractivity (Wildman–Crippen MR) is 127 cm³/mol. The lowest BCUT2D eigenvalue weighted by Gasteiger charge is -2.49. The molecule has 4 aliphatic rings. The third kappa shape index (κ3) is 2.32. The quantitative estimate of drug-likeness (QED) is 0.424. The number of nitrogens with zero attached hydrogens (tertiary/aromatic N) is 3. The van der Waals surface area contributed by atoms with Gasteiger partial charge in [-0.3, -0.25) is 15.0 Å². The summed E-state index contributed by atoms with van der Waals surface area (Å²) in [6, 6.07) is 10.7. The molecule has 2 unspecified atom stereocenters. The zero-order chi connectivity index (χ0) is 21.8. The molecular weight excluding hydrogens is 412 g/mol. The summed E-state index contributed by atoms with van der Waals surface area (Å²) < 4.78 is 0. The van der Waals surface area contributed by atoms with Crippen LogP contribution < -0.4 is 10.6 Å². The van der Waals surface area contributed by atoms with Crippen LogP contribution in [0.3, 0.4) is 0 Å². The number of nitrogen functional groups attached to an aromatic ring is 1. The summed E-state index contributed by atoms with van der Waals surface area (Å²) in [5.41, 5.74) is 11.8. The Labute approximate surface area is 190 Å². The number of benzene rings is 2. The summed E-state index contributed by atoms with van der Waals surface area (Å²) in [6.45, 7) is 0. The summed E-state index contributed by atoms with van der Waals surface area (Å²) in [7, 11) is 0. The van der Waals surface area contributed by atoms with E-state index in [-0.39, 0.29) is 17.9 Å². The van der Waals surface area contributed by atoms with Crippen molar-refractivity contribution in [2.45, 2.75) is 44.1 Å². The number of hydrogen-bond acceptors (Lipinski definition) is 4. The molecule has 5 atom stereocenters. The van der Waals surface area contributed by atoms with Crippen molar-refractivity contribution in [3.8, 4) is 0 Å². The Morgan fingerprint density at radius 3 is 2.70 bits per heavy atom. The molecule has 2 aromatic heterocycles. The highest BCUT2D eigenvalue weighted by molar-refractivity contribution is 6.02. The molecule has 1 amide bonds. The summed E-state index contributed by atoms with van der Waals surface area (Å²) >= 11 is 0. The van der Waals surface area contributed by atoms with Gasteiger partial charge in [0, 0.05) is 22.4 Å². The molecule has 166 valence electrons. The first kappa shape index (κ1) is 18.1. The van der Waals surface area contributed by atoms with E-state index in [1.54, 1.807) is 0 Å². The molecule has 33 heavy (non-hydrogen) atoms. The summed E-state index contributed by atoms with van der Waals surface area (Å²) in [4.78, 5) is 16.1. The Balaban J connectivity index is 1.41. The highest BCUT2D eigenvalue weighted by Crippen LogP contribution is 2.66. The van der Waals surface area contributed by atoms with Gasteiger partial charge in [-0.2, -0.15) is 10.2 Å². The molecule has 2 bridgehead atoms. The lowest BCUT2D eigenvalue weighted by atomic mass is 9.66. The smallest absolute Gasteiger partial charge is 0.230 e. The highest BCUT2D eigenvalue weighted by atomic mass is 16.2. The maximum absolute atomic E-state index is 13.9. The molecule has 3 saturated carbocycles. The number of nitrogens with one attached hydrogen (secondary N) is 2. The van der Waals surface area contributed by atoms with Crippen LogP contribution in [-0.2, 0) is 4.79 Å². The zero-order valence-electron chi connectivity index (χ0n) is 18.3. The lowest BCUT2D eigenvalue weighted by Crippen LogP contribution is -2.47. The van der Waals surface area contributed by atoms with Crippen LogP contribution in [-0.4, -0.2) is 26.3 Å². The lowest BCUT2D eigenvalue weighted by molar-refractivity contribution is -0.120. The van der Waals surface area contributed by atoms with E-state index in [4.69, 9.17) is 5.73 Å². The van der Waals surface area contributed by atoms with Crippen molar-refractivity contribution in [1.29, 1.82) is 0 Å². The number of aromatic amines is 2. The van der Waals surface area contributed by atoms with Crippen molar-refractivity contribution in [1.82, 2.24) is 20.4 Å². The van der Waals surface area contributed by atoms with E-state index in [9.17, 15) is 4.79 Å². The van der Waals surface area contributed by atoms with Gasteiger partial charge in [0.05, 0.1) is 23.3 Å². The maximum Gasteiger partial charge on any atom is 0.230 e. The van der Waals surface area contributed by atoms with Gasteiger partial charge in [0.25, 0.3) is 0 Å². The van der Waals surface area contributed by atoms with Gasteiger partial charge in [-0.1, -0.05) is 6.07 Å². The summed E-state index contributed by atoms with van der Waals surface area (Å²) in [5.74, 6) is 3.17. The van der Waals surface area contributed by atoms with Gasteiger partial charge in [0.15, 0.2) is 5.82 Å². The van der Waals surface area contributed by atoms with E-state index < -0.39 is 0 Å². The number of rotatable bonds is 2. The Hall–Kier alpha value is -3.35. The fourth-order valence-electron chi connectivity index (χ4n) is 7.52. The van der Waals surface area contributed by atoms with Gasteiger partial charge in [0.2, 0.25) is 5.91 Å². The van der Waals surface area contributed by atoms with Gasteiger partial charge in [-0.25, -0.2) is 0 Å². The molecule has 4 aromatic rings. The van der Waals surface area contributed by atoms with Gasteiger partial charge >= 0.3 is 0 Å². The number of aromatic nitrogens is 4. The SMILES string of the molecule is Nc1n[nH]c2ccc([C@H]3[C@@H]4C5CCC(C5)[C@@H]4c4c(ccc5[nH]ncc45)N3C(=O)C3CC3)cc12. The molecule has 3 heterocycles. The van der Waals surface area contributed by atoms with Crippen LogP contribution in [0, 0.1) is 23.7 Å². The van der Waals surface area contributed by atoms with E-state index in [0.29, 0.717) is 29.5 Å². The molecule has 4 N–H and O–H groups in total. The average molecular weight is 439 g/mol. The Morgan fingerprint density at radius 2 is 1.82 bits per heavy atom. The van der Waals surface area contributed by atoms with Crippen molar-refractivity contribution in [2.75, 3.05) is 10.6 Å². The molecule has 0 radical (unpaired) electrons. The Morgan fingerprint density at radius 1 is 1.00 bits per heavy atom. The van der Waals surface area contributed by atoms with Crippen molar-refractivity contribution in [3.63, 3.8) is 0 Å². The first-order valence-electron chi connectivity index (χ1n) is 12.2. The molecule has 8 rings (SSSR count). The highest BCUT2D eigenvalue weighted by Gasteiger charge is 2.58. The van der Waals surface area contributed by atoms with Crippen LogP contribution in [0.5, 0.6) is 0 Å². The minimum atomic E-state index is 0.0361. The monoisotopic (exact) mass is 438 g/mol. The number of carbonyl (C=O) groups is 1. The van der Waals surface area contributed by atoms with Crippen LogP contribution in [0.1, 0.15) is 55.2 Å². The number of carbonyl (C=O) groups excluding carboxylic acids is 1. The van der Waals surface area contributed by atoms with Gasteiger partial charge in [-0.05, 0) is 91.2 Å². The minimum absolute atomic E-state index is 0.0361. The van der Waals surface area contributed by atoms with E-state index in [2.05, 4.69) is 55.6 Å². The molecule has 0 saturated heterocycles. The second-order valence-corrected chi connectivity index (χ2v) is 10.6. The number of anilines is 2. The Kier molecular flexibility index (Phi) is 3.38. The normalized spacial score (nSPS) is 30.2. The molecular formula is C26H26N6O. The fourth-order valence-corrected chi connectivity index (χ4v) is 7.52. The van der Waals surface area contributed by atoms with Crippen molar-refractivity contribution >= 4 is 39.2 Å². The fraction of sp³-hybridized carbons (Fsp3) is 0.423. The van der Waals surface area contributed by atoms with E-state index in [0.717, 1.165) is 34.9 Å². The minimum Gasteiger partial charge on any atom is -0.382 e. The van der Waals surface area contributed by atoms with Crippen LogP contribution in [0.25, 0.3) is 21.8 Å². The molecule has 0 spiro atoms. The Bertz CT molecular complexity index is 1450. The van der Waals surface area contributed by atoms with Gasteiger partial charge in [0.1, 0.15) is 0 Å². The van der Waals surface area contributed by atoms with Crippen LogP contribution in [0.15, 0.2) is 36.5 Å². The van der Waals surface area contributed by atoms with Crippen molar-refractivity contribution < 1.29 is 4.79 Å². The van der Waals surface area contributed by atoms with Gasteiger partial charge < -0.3 is 10.6 Å². The summed E-state index contributed by atoms with van der Waals surface area (Å²) in [5, 5.41) is 16.9. The molecule has 3 fully saturated rings. The molecule has 7 nitrogen and oxygen atoms in total. The maximum atomic E-state index is 13.9. The number of hydrogen-bond donors (Lipinski definition) is 3. The van der Waals surface area contributed by atoms with E-state index in [1.165, 1.54) is 35.8 Å². The third-order valence-electron chi connectivity index (χ3n) is 8.98. The first-order chi connectivity index (χ1) is 16.2. The zero-order valence-corrected chi connectivity index (χ0v) is 18.3. The topological polar surface area (TPSA) is 104 Å². The molecule has 2 aromatic carbocycles. The summed E-state index contributed by atoms with van der Waals surface area (Å²) in [6.07, 6.45) is 7.78. The molecule has 3 aliphatic carbocycles. The van der Waals surface area contributed by atoms with Crippen molar-refractivity contribution in [2.24, 2.45) is 23.7 Å². The van der Waals surface area contributed by atoms with Crippen LogP contribution >= 0.6 is 0 Å². The number of amides is 1. The van der Waals surface area contributed by atoms with Crippen LogP contribution in [0.2, 0.25) is 0 Å². The predicted octanol–water partition coefficient (Wildman–Crippen LogP) is 4.65. The average Bonchev–Trinajstić information content (AvgIpc) is 3.18.